The molecule has 1 radical (unpaired) electrons. The highest BCUT2D eigenvalue weighted by molar-refractivity contribution is 6.31. The molecule has 0 amide bonds. The molecule has 2 rings (SSSR count). The monoisotopic (exact) mass is 274 g/mol. The quantitative estimate of drug-likeness (QED) is 0.840. The van der Waals surface area contributed by atoms with Gasteiger partial charge in [0.2, 0.25) is 0 Å². The third-order valence-electron chi connectivity index (χ3n) is 2.94. The predicted octanol–water partition coefficient (Wildman–Crippen LogP) is 3.84. The summed E-state index contributed by atoms with van der Waals surface area (Å²) in [6.07, 6.45) is 0. The Morgan fingerprint density at radius 1 is 0.947 bits per heavy atom. The van der Waals surface area contributed by atoms with E-state index in [1.54, 1.807) is 7.11 Å². The molecule has 0 spiro atoms. The molecule has 0 saturated carbocycles. The number of rotatable bonds is 4. The summed E-state index contributed by atoms with van der Waals surface area (Å²) >= 11 is 6.32. The van der Waals surface area contributed by atoms with Crippen LogP contribution in [-0.4, -0.2) is 26.1 Å². The Labute approximate surface area is 119 Å². The number of nitrogens with zero attached hydrogens (tertiary/aromatic N) is 1. The molecular weight excluding hydrogens is 258 g/mol. The van der Waals surface area contributed by atoms with Gasteiger partial charge in [0.05, 0.1) is 7.11 Å². The van der Waals surface area contributed by atoms with E-state index >= 15 is 0 Å². The van der Waals surface area contributed by atoms with E-state index in [2.05, 4.69) is 4.90 Å². The number of halogens is 1. The molecule has 0 fully saturated rings. The zero-order chi connectivity index (χ0) is 13.8. The Balaban J connectivity index is 2.56. The fourth-order valence-corrected chi connectivity index (χ4v) is 2.35. The van der Waals surface area contributed by atoms with Gasteiger partial charge in [-0.3, -0.25) is 4.90 Å². The van der Waals surface area contributed by atoms with Gasteiger partial charge in [0.15, 0.2) is 0 Å². The maximum Gasteiger partial charge on any atom is 0.124 e. The molecule has 2 aromatic carbocycles. The van der Waals surface area contributed by atoms with Crippen molar-refractivity contribution >= 4 is 11.6 Å². The summed E-state index contributed by atoms with van der Waals surface area (Å²) in [6.45, 7) is 0. The van der Waals surface area contributed by atoms with Gasteiger partial charge in [-0.2, -0.15) is 0 Å². The van der Waals surface area contributed by atoms with Crippen LogP contribution in [0.1, 0.15) is 11.1 Å². The molecule has 0 bridgehead atoms. The van der Waals surface area contributed by atoms with Crippen molar-refractivity contribution < 1.29 is 4.74 Å². The highest BCUT2D eigenvalue weighted by Gasteiger charge is 2.23. The Morgan fingerprint density at radius 2 is 1.53 bits per heavy atom. The van der Waals surface area contributed by atoms with E-state index in [-0.39, 0.29) is 0 Å². The summed E-state index contributed by atoms with van der Waals surface area (Å²) in [6, 6.07) is 16.8. The molecule has 0 aliphatic rings. The highest BCUT2D eigenvalue weighted by Crippen LogP contribution is 2.35. The lowest BCUT2D eigenvalue weighted by molar-refractivity contribution is 0.398. The van der Waals surface area contributed by atoms with Gasteiger partial charge in [-0.25, -0.2) is 0 Å². The molecule has 0 N–H and O–H groups in total. The fraction of sp³-hybridized carbons (Fsp3) is 0.188. The number of para-hydroxylation sites is 1. The molecule has 0 aromatic heterocycles. The Hall–Kier alpha value is -1.51. The standard InChI is InChI=1S/C16H17ClNO/c1-18(2)16(12-8-4-6-10-14(12)17)13-9-5-7-11-15(13)19-3/h4-11H,1-3H3. The lowest BCUT2D eigenvalue weighted by atomic mass is 9.97. The number of benzene rings is 2. The van der Waals surface area contributed by atoms with E-state index in [0.29, 0.717) is 0 Å². The predicted molar refractivity (Wildman–Crippen MR) is 79.6 cm³/mol. The largest absolute Gasteiger partial charge is 0.496 e. The van der Waals surface area contributed by atoms with Crippen LogP contribution in [0.4, 0.5) is 0 Å². The molecule has 0 aliphatic carbocycles. The summed E-state index contributed by atoms with van der Waals surface area (Å²) < 4.78 is 5.45. The van der Waals surface area contributed by atoms with Gasteiger partial charge in [-0.15, -0.1) is 0 Å². The van der Waals surface area contributed by atoms with Gasteiger partial charge >= 0.3 is 0 Å². The second kappa shape index (κ2) is 6.09. The SMILES string of the molecule is COc1ccccc1[C](c1ccccc1Cl)N(C)C. The van der Waals surface area contributed by atoms with Crippen LogP contribution >= 0.6 is 11.6 Å². The van der Waals surface area contributed by atoms with E-state index < -0.39 is 0 Å². The lowest BCUT2D eigenvalue weighted by Crippen LogP contribution is -2.23. The van der Waals surface area contributed by atoms with Crippen LogP contribution in [-0.2, 0) is 0 Å². The van der Waals surface area contributed by atoms with E-state index in [1.165, 1.54) is 0 Å². The van der Waals surface area contributed by atoms with Crippen molar-refractivity contribution in [1.82, 2.24) is 4.90 Å². The first-order valence-corrected chi connectivity index (χ1v) is 6.45. The molecular formula is C16H17ClNO. The van der Waals surface area contributed by atoms with Crippen molar-refractivity contribution in [3.63, 3.8) is 0 Å². The maximum absolute atomic E-state index is 6.32. The van der Waals surface area contributed by atoms with Gasteiger partial charge in [-0.1, -0.05) is 48.0 Å². The average Bonchev–Trinajstić information content (AvgIpc) is 2.41. The van der Waals surface area contributed by atoms with Crippen LogP contribution in [0.15, 0.2) is 48.5 Å². The normalized spacial score (nSPS) is 11.1. The highest BCUT2D eigenvalue weighted by atomic mass is 35.5. The van der Waals surface area contributed by atoms with Crippen molar-refractivity contribution in [1.29, 1.82) is 0 Å². The summed E-state index contributed by atoms with van der Waals surface area (Å²) in [7, 11) is 5.69. The summed E-state index contributed by atoms with van der Waals surface area (Å²) in [5.74, 6) is 0.839. The van der Waals surface area contributed by atoms with E-state index in [0.717, 1.165) is 27.9 Å². The van der Waals surface area contributed by atoms with Crippen LogP contribution in [0.3, 0.4) is 0 Å². The van der Waals surface area contributed by atoms with Crippen LogP contribution < -0.4 is 4.74 Å². The van der Waals surface area contributed by atoms with Crippen LogP contribution in [0.5, 0.6) is 5.75 Å². The zero-order valence-corrected chi connectivity index (χ0v) is 12.1. The second-order valence-corrected chi connectivity index (χ2v) is 4.83. The Kier molecular flexibility index (Phi) is 4.46. The van der Waals surface area contributed by atoms with Crippen molar-refractivity contribution in [3.05, 3.63) is 70.7 Å². The van der Waals surface area contributed by atoms with Gasteiger partial charge in [-0.05, 0) is 31.8 Å². The summed E-state index contributed by atoms with van der Waals surface area (Å²) in [5.41, 5.74) is 2.03. The second-order valence-electron chi connectivity index (χ2n) is 4.42. The first kappa shape index (κ1) is 13.9. The zero-order valence-electron chi connectivity index (χ0n) is 11.4. The minimum Gasteiger partial charge on any atom is -0.496 e. The van der Waals surface area contributed by atoms with Gasteiger partial charge in [0.1, 0.15) is 11.8 Å². The van der Waals surface area contributed by atoms with Crippen LogP contribution in [0.2, 0.25) is 5.02 Å². The molecule has 2 aromatic rings. The van der Waals surface area contributed by atoms with Crippen molar-refractivity contribution in [2.45, 2.75) is 0 Å². The molecule has 0 aliphatic heterocycles. The summed E-state index contributed by atoms with van der Waals surface area (Å²) in [4.78, 5) is 2.05. The van der Waals surface area contributed by atoms with Crippen LogP contribution in [0, 0.1) is 6.04 Å². The molecule has 19 heavy (non-hydrogen) atoms. The minimum absolute atomic E-state index is 0.733. The third kappa shape index (κ3) is 2.91. The van der Waals surface area contributed by atoms with Crippen LogP contribution in [0.25, 0.3) is 0 Å². The van der Waals surface area contributed by atoms with Crippen molar-refractivity contribution in [2.75, 3.05) is 21.2 Å². The molecule has 0 heterocycles. The minimum atomic E-state index is 0.733. The average molecular weight is 275 g/mol. The number of hydrogen-bond donors (Lipinski definition) is 0. The molecule has 3 heteroatoms. The fourth-order valence-electron chi connectivity index (χ4n) is 2.12. The molecule has 99 valence electrons. The van der Waals surface area contributed by atoms with E-state index in [4.69, 9.17) is 16.3 Å². The number of ether oxygens (including phenoxy) is 1. The number of hydrogen-bond acceptors (Lipinski definition) is 2. The van der Waals surface area contributed by atoms with E-state index in [1.807, 2.05) is 62.6 Å². The molecule has 0 unspecified atom stereocenters. The first-order valence-electron chi connectivity index (χ1n) is 6.07. The van der Waals surface area contributed by atoms with Gasteiger partial charge in [0, 0.05) is 10.6 Å². The lowest BCUT2D eigenvalue weighted by Gasteiger charge is -2.26. The first-order chi connectivity index (χ1) is 9.15. The number of methoxy groups -OCH3 is 1. The maximum atomic E-state index is 6.32. The molecule has 0 atom stereocenters. The van der Waals surface area contributed by atoms with Gasteiger partial charge in [0.25, 0.3) is 0 Å². The van der Waals surface area contributed by atoms with Crippen molar-refractivity contribution in [2.24, 2.45) is 0 Å². The van der Waals surface area contributed by atoms with Crippen molar-refractivity contribution in [3.8, 4) is 5.75 Å². The molecule has 0 saturated heterocycles. The Morgan fingerprint density at radius 3 is 2.11 bits per heavy atom. The smallest absolute Gasteiger partial charge is 0.124 e. The molecule has 2 nitrogen and oxygen atoms in total. The Bertz CT molecular complexity index is 554. The van der Waals surface area contributed by atoms with Gasteiger partial charge < -0.3 is 4.74 Å². The third-order valence-corrected chi connectivity index (χ3v) is 3.27. The van der Waals surface area contributed by atoms with E-state index in [9.17, 15) is 0 Å². The topological polar surface area (TPSA) is 12.5 Å². The summed E-state index contributed by atoms with van der Waals surface area (Å²) in [5, 5.41) is 0.733.